The molecule has 0 aliphatic heterocycles. The number of halogens is 3. The number of ketones is 1. The number of rotatable bonds is 2. The van der Waals surface area contributed by atoms with Crippen LogP contribution in [0.3, 0.4) is 0 Å². The highest BCUT2D eigenvalue weighted by Crippen LogP contribution is 2.35. The summed E-state index contributed by atoms with van der Waals surface area (Å²) in [5, 5.41) is 0. The summed E-state index contributed by atoms with van der Waals surface area (Å²) in [6.45, 7) is 0. The standard InChI is InChI=1S/C14H12F3NO/c15-14(16,17)13(18)8-6-11(7-9-13)12(19)10-4-2-1-3-5-10/h1-8H,9,18H2. The van der Waals surface area contributed by atoms with Gasteiger partial charge in [0.15, 0.2) is 5.78 Å². The van der Waals surface area contributed by atoms with E-state index in [-0.39, 0.29) is 11.4 Å². The highest BCUT2D eigenvalue weighted by atomic mass is 19.4. The highest BCUT2D eigenvalue weighted by molar-refractivity contribution is 6.10. The van der Waals surface area contributed by atoms with Crippen molar-refractivity contribution >= 4 is 5.78 Å². The molecule has 2 rings (SSSR count). The topological polar surface area (TPSA) is 43.1 Å². The Kier molecular flexibility index (Phi) is 3.32. The van der Waals surface area contributed by atoms with E-state index in [1.54, 1.807) is 30.3 Å². The Morgan fingerprint density at radius 2 is 1.84 bits per heavy atom. The average Bonchev–Trinajstić information content (AvgIpc) is 2.39. The third kappa shape index (κ3) is 2.61. The Bertz CT molecular complexity index is 546. The van der Waals surface area contributed by atoms with E-state index in [0.717, 1.165) is 12.2 Å². The van der Waals surface area contributed by atoms with Crippen LogP contribution in [0.4, 0.5) is 13.2 Å². The predicted octanol–water partition coefficient (Wildman–Crippen LogP) is 3.02. The van der Waals surface area contributed by atoms with Crippen molar-refractivity contribution in [1.29, 1.82) is 0 Å². The quantitative estimate of drug-likeness (QED) is 0.837. The SMILES string of the molecule is NC1(C(F)(F)F)C=CC(C(=O)c2ccccc2)=CC1. The van der Waals surface area contributed by atoms with E-state index in [2.05, 4.69) is 0 Å². The lowest BCUT2D eigenvalue weighted by atomic mass is 9.87. The van der Waals surface area contributed by atoms with Gasteiger partial charge >= 0.3 is 6.18 Å². The second-order valence-corrected chi connectivity index (χ2v) is 4.43. The summed E-state index contributed by atoms with van der Waals surface area (Å²) in [5.41, 5.74) is 3.56. The van der Waals surface area contributed by atoms with Crippen LogP contribution in [-0.4, -0.2) is 17.5 Å². The first kappa shape index (κ1) is 13.5. The molecule has 1 aliphatic rings. The molecule has 1 aromatic carbocycles. The Morgan fingerprint density at radius 3 is 2.32 bits per heavy atom. The summed E-state index contributed by atoms with van der Waals surface area (Å²) in [6, 6.07) is 8.39. The maximum atomic E-state index is 12.7. The molecule has 2 nitrogen and oxygen atoms in total. The lowest BCUT2D eigenvalue weighted by Crippen LogP contribution is -2.52. The molecule has 100 valence electrons. The van der Waals surface area contributed by atoms with Gasteiger partial charge in [0, 0.05) is 11.1 Å². The first-order valence-corrected chi connectivity index (χ1v) is 5.68. The Morgan fingerprint density at radius 1 is 1.21 bits per heavy atom. The highest BCUT2D eigenvalue weighted by Gasteiger charge is 2.50. The van der Waals surface area contributed by atoms with Crippen LogP contribution < -0.4 is 5.73 Å². The molecule has 1 unspecified atom stereocenters. The monoisotopic (exact) mass is 267 g/mol. The van der Waals surface area contributed by atoms with Gasteiger partial charge in [-0.05, 0) is 6.42 Å². The van der Waals surface area contributed by atoms with Crippen molar-refractivity contribution < 1.29 is 18.0 Å². The van der Waals surface area contributed by atoms with Crippen LogP contribution in [0.25, 0.3) is 0 Å². The van der Waals surface area contributed by atoms with Crippen LogP contribution in [0.15, 0.2) is 54.1 Å². The second-order valence-electron chi connectivity index (χ2n) is 4.43. The molecule has 0 spiro atoms. The van der Waals surface area contributed by atoms with E-state index in [4.69, 9.17) is 5.73 Å². The van der Waals surface area contributed by atoms with Gasteiger partial charge in [0.2, 0.25) is 0 Å². The molecule has 1 atom stereocenters. The van der Waals surface area contributed by atoms with Gasteiger partial charge in [-0.1, -0.05) is 48.6 Å². The molecule has 0 saturated carbocycles. The van der Waals surface area contributed by atoms with Crippen LogP contribution in [0, 0.1) is 0 Å². The minimum Gasteiger partial charge on any atom is -0.314 e. The Balaban J connectivity index is 2.20. The molecule has 19 heavy (non-hydrogen) atoms. The summed E-state index contributed by atoms with van der Waals surface area (Å²) in [4.78, 5) is 12.0. The number of hydrogen-bond donors (Lipinski definition) is 1. The van der Waals surface area contributed by atoms with Crippen LogP contribution in [0.2, 0.25) is 0 Å². The fraction of sp³-hybridized carbons (Fsp3) is 0.214. The second kappa shape index (κ2) is 4.66. The van der Waals surface area contributed by atoms with Crippen LogP contribution in [-0.2, 0) is 0 Å². The van der Waals surface area contributed by atoms with E-state index in [9.17, 15) is 18.0 Å². The molecule has 0 fully saturated rings. The summed E-state index contributed by atoms with van der Waals surface area (Å²) in [6.07, 6.45) is -1.72. The van der Waals surface area contributed by atoms with Crippen molar-refractivity contribution in [1.82, 2.24) is 0 Å². The molecule has 0 bridgehead atoms. The fourth-order valence-electron chi connectivity index (χ4n) is 1.79. The number of carbonyl (C=O) groups excluding carboxylic acids is 1. The maximum Gasteiger partial charge on any atom is 0.410 e. The first-order chi connectivity index (χ1) is 8.83. The average molecular weight is 267 g/mol. The minimum absolute atomic E-state index is 0.233. The van der Waals surface area contributed by atoms with Gasteiger partial charge in [-0.25, -0.2) is 0 Å². The molecule has 0 radical (unpaired) electrons. The fourth-order valence-corrected chi connectivity index (χ4v) is 1.79. The van der Waals surface area contributed by atoms with E-state index >= 15 is 0 Å². The van der Waals surface area contributed by atoms with E-state index in [0.29, 0.717) is 5.56 Å². The van der Waals surface area contributed by atoms with Crippen molar-refractivity contribution in [3.8, 4) is 0 Å². The van der Waals surface area contributed by atoms with E-state index in [1.807, 2.05) is 0 Å². The minimum atomic E-state index is -4.53. The third-order valence-corrected chi connectivity index (χ3v) is 3.05. The predicted molar refractivity (Wildman–Crippen MR) is 65.6 cm³/mol. The van der Waals surface area contributed by atoms with Gasteiger partial charge in [-0.3, -0.25) is 4.79 Å². The lowest BCUT2D eigenvalue weighted by Gasteiger charge is -2.29. The van der Waals surface area contributed by atoms with Gasteiger partial charge in [-0.2, -0.15) is 13.2 Å². The van der Waals surface area contributed by atoms with Crippen LogP contribution >= 0.6 is 0 Å². The molecule has 0 heterocycles. The number of allylic oxidation sites excluding steroid dienone is 2. The largest absolute Gasteiger partial charge is 0.410 e. The van der Waals surface area contributed by atoms with Gasteiger partial charge < -0.3 is 5.73 Å². The number of benzene rings is 1. The van der Waals surface area contributed by atoms with E-state index in [1.165, 1.54) is 6.08 Å². The summed E-state index contributed by atoms with van der Waals surface area (Å²) in [7, 11) is 0. The molecular weight excluding hydrogens is 255 g/mol. The molecule has 0 saturated heterocycles. The molecular formula is C14H12F3NO. The molecule has 1 aromatic rings. The zero-order chi connectivity index (χ0) is 14.1. The summed E-state index contributed by atoms with van der Waals surface area (Å²) >= 11 is 0. The number of alkyl halides is 3. The normalized spacial score (nSPS) is 23.1. The smallest absolute Gasteiger partial charge is 0.314 e. The van der Waals surface area contributed by atoms with Crippen molar-refractivity contribution in [2.45, 2.75) is 18.1 Å². The molecule has 0 amide bonds. The van der Waals surface area contributed by atoms with Gasteiger partial charge in [0.1, 0.15) is 5.54 Å². The van der Waals surface area contributed by atoms with Crippen LogP contribution in [0.5, 0.6) is 0 Å². The zero-order valence-corrected chi connectivity index (χ0v) is 9.95. The summed E-state index contributed by atoms with van der Waals surface area (Å²) < 4.78 is 38.1. The van der Waals surface area contributed by atoms with Crippen molar-refractivity contribution in [2.75, 3.05) is 0 Å². The maximum absolute atomic E-state index is 12.7. The molecule has 5 heteroatoms. The number of carbonyl (C=O) groups is 1. The van der Waals surface area contributed by atoms with Crippen molar-refractivity contribution in [3.05, 3.63) is 59.7 Å². The van der Waals surface area contributed by atoms with Crippen LogP contribution in [0.1, 0.15) is 16.8 Å². The number of Topliss-reactive ketones (excluding diaryl/α,β-unsaturated/α-hetero) is 1. The van der Waals surface area contributed by atoms with Crippen molar-refractivity contribution in [3.63, 3.8) is 0 Å². The van der Waals surface area contributed by atoms with Crippen molar-refractivity contribution in [2.24, 2.45) is 5.73 Å². The Hall–Kier alpha value is -1.88. The zero-order valence-electron chi connectivity index (χ0n) is 9.95. The number of hydrogen-bond acceptors (Lipinski definition) is 2. The third-order valence-electron chi connectivity index (χ3n) is 3.05. The first-order valence-electron chi connectivity index (χ1n) is 5.68. The Labute approximate surface area is 108 Å². The number of nitrogens with two attached hydrogens (primary N) is 1. The molecule has 2 N–H and O–H groups in total. The molecule has 1 aliphatic carbocycles. The van der Waals surface area contributed by atoms with Gasteiger partial charge in [0.05, 0.1) is 0 Å². The van der Waals surface area contributed by atoms with E-state index < -0.39 is 18.1 Å². The molecule has 0 aromatic heterocycles. The van der Waals surface area contributed by atoms with Gasteiger partial charge in [0.25, 0.3) is 0 Å². The summed E-state index contributed by atoms with van der Waals surface area (Å²) in [5.74, 6) is -0.305. The lowest BCUT2D eigenvalue weighted by molar-refractivity contribution is -0.170. The van der Waals surface area contributed by atoms with Gasteiger partial charge in [-0.15, -0.1) is 0 Å².